The zero-order valence-corrected chi connectivity index (χ0v) is 23.4. The molecule has 0 atom stereocenters. The van der Waals surface area contributed by atoms with Crippen molar-refractivity contribution in [2.75, 3.05) is 6.54 Å². The van der Waals surface area contributed by atoms with Crippen molar-refractivity contribution < 1.29 is 19.1 Å². The van der Waals surface area contributed by atoms with Crippen molar-refractivity contribution in [2.45, 2.75) is 78.1 Å². The van der Waals surface area contributed by atoms with Gasteiger partial charge in [-0.25, -0.2) is 10.2 Å². The van der Waals surface area contributed by atoms with Gasteiger partial charge in [-0.05, 0) is 43.7 Å². The molecule has 2 aromatic rings. The summed E-state index contributed by atoms with van der Waals surface area (Å²) in [5, 5.41) is 6.57. The van der Waals surface area contributed by atoms with E-state index < -0.39 is 11.9 Å². The van der Waals surface area contributed by atoms with Gasteiger partial charge in [0.05, 0.1) is 18.3 Å². The second-order valence-electron chi connectivity index (χ2n) is 9.09. The van der Waals surface area contributed by atoms with Crippen LogP contribution in [0.25, 0.3) is 0 Å². The molecule has 2 N–H and O–H groups in total. The number of carbonyl (C=O) groups excluding carboxylic acids is 3. The SMILES string of the molecule is CCCCCCCCCCCC(=O)NCC(=O)NN=Cc1cc(Br)ccc1OC(=O)c1ccc(C)cc1. The van der Waals surface area contributed by atoms with E-state index in [-0.39, 0.29) is 12.5 Å². The van der Waals surface area contributed by atoms with E-state index in [1.54, 1.807) is 30.3 Å². The molecule has 2 amide bonds. The topological polar surface area (TPSA) is 96.9 Å². The molecule has 0 saturated heterocycles. The standard InChI is InChI=1S/C29H38BrN3O4/c1-3-4-5-6-7-8-9-10-11-12-27(34)31-21-28(35)33-32-20-24-19-25(30)17-18-26(24)37-29(36)23-15-13-22(2)14-16-23/h13-20H,3-12,21H2,1-2H3,(H,31,34)(H,33,35). The van der Waals surface area contributed by atoms with Crippen LogP contribution in [0.1, 0.15) is 92.6 Å². The second kappa shape index (κ2) is 17.5. The van der Waals surface area contributed by atoms with Gasteiger partial charge in [-0.3, -0.25) is 9.59 Å². The molecule has 0 aromatic heterocycles. The first-order chi connectivity index (χ1) is 17.9. The van der Waals surface area contributed by atoms with E-state index in [9.17, 15) is 14.4 Å². The largest absolute Gasteiger partial charge is 0.422 e. The summed E-state index contributed by atoms with van der Waals surface area (Å²) in [5.41, 5.74) is 4.37. The molecule has 2 aromatic carbocycles. The number of esters is 1. The molecule has 0 heterocycles. The molecule has 0 bridgehead atoms. The van der Waals surface area contributed by atoms with Crippen LogP contribution in [0.3, 0.4) is 0 Å². The minimum Gasteiger partial charge on any atom is -0.422 e. The minimum absolute atomic E-state index is 0.139. The summed E-state index contributed by atoms with van der Waals surface area (Å²) in [6.07, 6.45) is 12.5. The average Bonchev–Trinajstić information content (AvgIpc) is 2.88. The quantitative estimate of drug-likeness (QED) is 0.0793. The van der Waals surface area contributed by atoms with Crippen LogP contribution in [0.4, 0.5) is 0 Å². The van der Waals surface area contributed by atoms with Crippen LogP contribution >= 0.6 is 15.9 Å². The van der Waals surface area contributed by atoms with Crippen LogP contribution in [-0.4, -0.2) is 30.5 Å². The zero-order valence-electron chi connectivity index (χ0n) is 21.9. The Hall–Kier alpha value is -3.00. The van der Waals surface area contributed by atoms with E-state index >= 15 is 0 Å². The Kier molecular flexibility index (Phi) is 14.3. The average molecular weight is 573 g/mol. The molecular weight excluding hydrogens is 534 g/mol. The van der Waals surface area contributed by atoms with Crippen molar-refractivity contribution in [1.82, 2.24) is 10.7 Å². The van der Waals surface area contributed by atoms with E-state index in [0.29, 0.717) is 23.3 Å². The molecule has 0 aliphatic carbocycles. The Labute approximate surface area is 228 Å². The first-order valence-corrected chi connectivity index (χ1v) is 13.9. The van der Waals surface area contributed by atoms with Crippen LogP contribution in [0.15, 0.2) is 52.0 Å². The Balaban J connectivity index is 1.71. The maximum atomic E-state index is 12.5. The summed E-state index contributed by atoms with van der Waals surface area (Å²) >= 11 is 3.39. The molecule has 0 fully saturated rings. The Bertz CT molecular complexity index is 1040. The van der Waals surface area contributed by atoms with Crippen LogP contribution < -0.4 is 15.5 Å². The molecule has 0 aliphatic rings. The lowest BCUT2D eigenvalue weighted by molar-refractivity contribution is -0.126. The number of benzene rings is 2. The van der Waals surface area contributed by atoms with Gasteiger partial charge in [-0.2, -0.15) is 5.10 Å². The Morgan fingerprint density at radius 3 is 2.22 bits per heavy atom. The number of hydrazone groups is 1. The fourth-order valence-electron chi connectivity index (χ4n) is 3.64. The van der Waals surface area contributed by atoms with Crippen molar-refractivity contribution in [3.05, 3.63) is 63.6 Å². The number of nitrogens with one attached hydrogen (secondary N) is 2. The number of hydrogen-bond donors (Lipinski definition) is 2. The van der Waals surface area contributed by atoms with E-state index in [4.69, 9.17) is 4.74 Å². The van der Waals surface area contributed by atoms with Crippen molar-refractivity contribution in [2.24, 2.45) is 5.10 Å². The maximum Gasteiger partial charge on any atom is 0.343 e. The van der Waals surface area contributed by atoms with Crippen LogP contribution in [0.2, 0.25) is 0 Å². The number of unbranched alkanes of at least 4 members (excludes halogenated alkanes) is 8. The van der Waals surface area contributed by atoms with Crippen LogP contribution in [0.5, 0.6) is 5.75 Å². The van der Waals surface area contributed by atoms with Crippen molar-refractivity contribution in [3.8, 4) is 5.75 Å². The Morgan fingerprint density at radius 1 is 0.892 bits per heavy atom. The normalized spacial score (nSPS) is 10.9. The van der Waals surface area contributed by atoms with E-state index in [0.717, 1.165) is 29.3 Å². The number of hydrogen-bond acceptors (Lipinski definition) is 5. The van der Waals surface area contributed by atoms with Gasteiger partial charge in [0.25, 0.3) is 5.91 Å². The highest BCUT2D eigenvalue weighted by atomic mass is 79.9. The molecule has 0 aliphatic heterocycles. The maximum absolute atomic E-state index is 12.5. The summed E-state index contributed by atoms with van der Waals surface area (Å²) in [7, 11) is 0. The number of amides is 2. The Morgan fingerprint density at radius 2 is 1.54 bits per heavy atom. The van der Waals surface area contributed by atoms with Crippen molar-refractivity contribution >= 4 is 39.9 Å². The van der Waals surface area contributed by atoms with E-state index in [2.05, 4.69) is 38.7 Å². The molecule has 0 radical (unpaired) electrons. The highest BCUT2D eigenvalue weighted by Crippen LogP contribution is 2.23. The lowest BCUT2D eigenvalue weighted by Crippen LogP contribution is -2.34. The summed E-state index contributed by atoms with van der Waals surface area (Å²) in [4.78, 5) is 36.5. The van der Waals surface area contributed by atoms with Gasteiger partial charge in [0.1, 0.15) is 5.75 Å². The minimum atomic E-state index is -0.490. The highest BCUT2D eigenvalue weighted by molar-refractivity contribution is 9.10. The molecule has 8 heteroatoms. The lowest BCUT2D eigenvalue weighted by Gasteiger charge is -2.08. The van der Waals surface area contributed by atoms with Gasteiger partial charge in [0.15, 0.2) is 0 Å². The third kappa shape index (κ3) is 12.7. The lowest BCUT2D eigenvalue weighted by atomic mass is 10.1. The highest BCUT2D eigenvalue weighted by Gasteiger charge is 2.12. The monoisotopic (exact) mass is 571 g/mol. The molecule has 0 saturated carbocycles. The third-order valence-electron chi connectivity index (χ3n) is 5.81. The smallest absolute Gasteiger partial charge is 0.343 e. The predicted octanol–water partition coefficient (Wildman–Crippen LogP) is 6.46. The fraction of sp³-hybridized carbons (Fsp3) is 0.448. The number of ether oxygens (including phenoxy) is 1. The summed E-state index contributed by atoms with van der Waals surface area (Å²) in [5.74, 6) is -0.763. The molecule has 2 rings (SSSR count). The van der Waals surface area contributed by atoms with Crippen LogP contribution in [-0.2, 0) is 9.59 Å². The van der Waals surface area contributed by atoms with Gasteiger partial charge in [-0.15, -0.1) is 0 Å². The van der Waals surface area contributed by atoms with Gasteiger partial charge in [0.2, 0.25) is 5.91 Å². The molecule has 37 heavy (non-hydrogen) atoms. The number of aryl methyl sites for hydroxylation is 1. The van der Waals surface area contributed by atoms with Crippen molar-refractivity contribution in [3.63, 3.8) is 0 Å². The molecule has 7 nitrogen and oxygen atoms in total. The molecular formula is C29H38BrN3O4. The molecule has 200 valence electrons. The predicted molar refractivity (Wildman–Crippen MR) is 151 cm³/mol. The number of halogens is 1. The zero-order chi connectivity index (χ0) is 26.9. The summed E-state index contributed by atoms with van der Waals surface area (Å²) in [6.45, 7) is 4.01. The molecule has 0 spiro atoms. The first-order valence-electron chi connectivity index (χ1n) is 13.1. The van der Waals surface area contributed by atoms with E-state index in [1.807, 2.05) is 19.1 Å². The second-order valence-corrected chi connectivity index (χ2v) is 10.0. The number of rotatable bonds is 16. The van der Waals surface area contributed by atoms with Crippen LogP contribution in [0, 0.1) is 6.92 Å². The summed E-state index contributed by atoms with van der Waals surface area (Å²) < 4.78 is 6.29. The third-order valence-corrected chi connectivity index (χ3v) is 6.30. The summed E-state index contributed by atoms with van der Waals surface area (Å²) in [6, 6.07) is 12.2. The number of carbonyl (C=O) groups is 3. The first kappa shape index (κ1) is 30.2. The van der Waals surface area contributed by atoms with Gasteiger partial charge >= 0.3 is 5.97 Å². The van der Waals surface area contributed by atoms with Gasteiger partial charge < -0.3 is 10.1 Å². The fourth-order valence-corrected chi connectivity index (χ4v) is 4.02. The van der Waals surface area contributed by atoms with Gasteiger partial charge in [0, 0.05) is 16.5 Å². The van der Waals surface area contributed by atoms with Crippen molar-refractivity contribution in [1.29, 1.82) is 0 Å². The number of nitrogens with zero attached hydrogens (tertiary/aromatic N) is 1. The van der Waals surface area contributed by atoms with E-state index in [1.165, 1.54) is 44.7 Å². The molecule has 0 unspecified atom stereocenters. The van der Waals surface area contributed by atoms with Gasteiger partial charge in [-0.1, -0.05) is 91.9 Å².